The lowest BCUT2D eigenvalue weighted by Gasteiger charge is -2.31. The van der Waals surface area contributed by atoms with Crippen molar-refractivity contribution in [1.82, 2.24) is 15.2 Å². The normalized spacial score (nSPS) is 14.5. The zero-order valence-corrected chi connectivity index (χ0v) is 19.5. The highest BCUT2D eigenvalue weighted by Gasteiger charge is 2.26. The molecule has 1 aliphatic heterocycles. The summed E-state index contributed by atoms with van der Waals surface area (Å²) in [5.74, 6) is 1.00. The number of likely N-dealkylation sites (tertiary alicyclic amines) is 1. The summed E-state index contributed by atoms with van der Waals surface area (Å²) in [6, 6.07) is 19.4. The Labute approximate surface area is 200 Å². The largest absolute Gasteiger partial charge is 0.459 e. The van der Waals surface area contributed by atoms with Gasteiger partial charge in [0, 0.05) is 30.4 Å². The van der Waals surface area contributed by atoms with Crippen LogP contribution in [0.25, 0.3) is 10.2 Å². The third-order valence-corrected chi connectivity index (χ3v) is 7.95. The van der Waals surface area contributed by atoms with E-state index in [1.807, 2.05) is 42.5 Å². The number of piperidine rings is 1. The third kappa shape index (κ3) is 5.12. The molecule has 1 saturated heterocycles. The van der Waals surface area contributed by atoms with E-state index in [4.69, 9.17) is 4.42 Å². The van der Waals surface area contributed by atoms with Gasteiger partial charge in [0.05, 0.1) is 16.5 Å². The van der Waals surface area contributed by atoms with Gasteiger partial charge in [-0.05, 0) is 54.8 Å². The molecule has 0 bridgehead atoms. The fourth-order valence-corrected chi connectivity index (χ4v) is 5.89. The molecule has 3 heterocycles. The van der Waals surface area contributed by atoms with Gasteiger partial charge in [-0.3, -0.25) is 9.59 Å². The number of thioether (sulfide) groups is 1. The van der Waals surface area contributed by atoms with Gasteiger partial charge in [0.2, 0.25) is 0 Å². The Bertz CT molecular complexity index is 1210. The highest BCUT2D eigenvalue weighted by molar-refractivity contribution is 8.00. The Morgan fingerprint density at radius 2 is 1.85 bits per heavy atom. The molecule has 0 atom stereocenters. The number of fused-ring (bicyclic) bond motifs is 1. The third-order valence-electron chi connectivity index (χ3n) is 5.70. The van der Waals surface area contributed by atoms with Crippen LogP contribution >= 0.6 is 23.1 Å². The highest BCUT2D eigenvalue weighted by atomic mass is 32.2. The van der Waals surface area contributed by atoms with Crippen molar-refractivity contribution < 1.29 is 14.0 Å². The topological polar surface area (TPSA) is 75.4 Å². The molecule has 0 saturated carbocycles. The molecule has 4 aromatic rings. The van der Waals surface area contributed by atoms with Crippen molar-refractivity contribution in [3.05, 3.63) is 83.8 Å². The molecule has 33 heavy (non-hydrogen) atoms. The minimum atomic E-state index is -0.0934. The zero-order valence-electron chi connectivity index (χ0n) is 17.9. The lowest BCUT2D eigenvalue weighted by atomic mass is 10.0. The minimum absolute atomic E-state index is 0.0624. The van der Waals surface area contributed by atoms with E-state index in [0.717, 1.165) is 34.0 Å². The van der Waals surface area contributed by atoms with Crippen LogP contribution in [0.2, 0.25) is 0 Å². The molecule has 6 nitrogen and oxygen atoms in total. The zero-order chi connectivity index (χ0) is 22.6. The maximum absolute atomic E-state index is 12.7. The number of amides is 2. The van der Waals surface area contributed by atoms with Crippen molar-refractivity contribution >= 4 is 45.1 Å². The number of hydrogen-bond acceptors (Lipinski definition) is 6. The fourth-order valence-electron chi connectivity index (χ4n) is 3.86. The summed E-state index contributed by atoms with van der Waals surface area (Å²) >= 11 is 3.41. The van der Waals surface area contributed by atoms with Gasteiger partial charge in [0.15, 0.2) is 10.1 Å². The molecule has 0 aliphatic carbocycles. The summed E-state index contributed by atoms with van der Waals surface area (Å²) in [4.78, 5) is 31.5. The van der Waals surface area contributed by atoms with Gasteiger partial charge in [-0.1, -0.05) is 36.0 Å². The van der Waals surface area contributed by atoms with Gasteiger partial charge < -0.3 is 14.6 Å². The van der Waals surface area contributed by atoms with Crippen molar-refractivity contribution in [3.63, 3.8) is 0 Å². The summed E-state index contributed by atoms with van der Waals surface area (Å²) < 4.78 is 7.45. The van der Waals surface area contributed by atoms with Crippen LogP contribution < -0.4 is 5.32 Å². The van der Waals surface area contributed by atoms with E-state index in [-0.39, 0.29) is 17.9 Å². The lowest BCUT2D eigenvalue weighted by molar-refractivity contribution is 0.0667. The monoisotopic (exact) mass is 477 g/mol. The smallest absolute Gasteiger partial charge is 0.289 e. The number of benzene rings is 2. The van der Waals surface area contributed by atoms with Crippen LogP contribution in [0, 0.1) is 0 Å². The standard InChI is InChI=1S/C25H23N3O3S2/c29-23(26-19-11-13-28(14-12-19)24(30)21-5-3-15-31-21)18-9-7-17(8-10-18)16-32-25-27-20-4-1-2-6-22(20)33-25/h1-10,15,19H,11-14,16H2,(H,26,29). The molecule has 1 N–H and O–H groups in total. The van der Waals surface area contributed by atoms with Gasteiger partial charge in [-0.15, -0.1) is 11.3 Å². The van der Waals surface area contributed by atoms with E-state index in [0.29, 0.717) is 24.4 Å². The fraction of sp³-hybridized carbons (Fsp3) is 0.240. The number of carbonyl (C=O) groups excluding carboxylic acids is 2. The average molecular weight is 478 g/mol. The molecule has 2 amide bonds. The van der Waals surface area contributed by atoms with Gasteiger partial charge in [-0.25, -0.2) is 4.98 Å². The van der Waals surface area contributed by atoms with Crippen molar-refractivity contribution in [3.8, 4) is 0 Å². The van der Waals surface area contributed by atoms with Gasteiger partial charge in [0.25, 0.3) is 11.8 Å². The number of para-hydroxylation sites is 1. The Morgan fingerprint density at radius 1 is 1.06 bits per heavy atom. The molecular weight excluding hydrogens is 454 g/mol. The summed E-state index contributed by atoms with van der Waals surface area (Å²) in [7, 11) is 0. The van der Waals surface area contributed by atoms with Gasteiger partial charge >= 0.3 is 0 Å². The first-order valence-corrected chi connectivity index (χ1v) is 12.7. The Kier molecular flexibility index (Phi) is 6.46. The summed E-state index contributed by atoms with van der Waals surface area (Å²) in [6.07, 6.45) is 2.97. The van der Waals surface area contributed by atoms with Crippen molar-refractivity contribution in [2.75, 3.05) is 13.1 Å². The molecule has 5 rings (SSSR count). The molecule has 1 fully saturated rings. The molecule has 0 unspecified atom stereocenters. The quantitative estimate of drug-likeness (QED) is 0.386. The molecule has 0 radical (unpaired) electrons. The number of aromatic nitrogens is 1. The van der Waals surface area contributed by atoms with Crippen molar-refractivity contribution in [2.24, 2.45) is 0 Å². The number of hydrogen-bond donors (Lipinski definition) is 1. The van der Waals surface area contributed by atoms with Crippen LogP contribution in [-0.4, -0.2) is 40.8 Å². The van der Waals surface area contributed by atoms with Gasteiger partial charge in [-0.2, -0.15) is 0 Å². The summed E-state index contributed by atoms with van der Waals surface area (Å²) in [6.45, 7) is 1.21. The van der Waals surface area contributed by atoms with Crippen LogP contribution in [-0.2, 0) is 5.75 Å². The second-order valence-corrected chi connectivity index (χ2v) is 10.2. The molecule has 1 aliphatic rings. The second kappa shape index (κ2) is 9.80. The van der Waals surface area contributed by atoms with E-state index in [1.54, 1.807) is 40.1 Å². The first-order chi connectivity index (χ1) is 16.2. The number of thiazole rings is 1. The van der Waals surface area contributed by atoms with E-state index >= 15 is 0 Å². The van der Waals surface area contributed by atoms with Crippen molar-refractivity contribution in [2.45, 2.75) is 29.0 Å². The maximum atomic E-state index is 12.7. The second-order valence-electron chi connectivity index (χ2n) is 7.95. The van der Waals surface area contributed by atoms with E-state index in [1.165, 1.54) is 11.0 Å². The Balaban J connectivity index is 1.10. The van der Waals surface area contributed by atoms with Crippen LogP contribution in [0.15, 0.2) is 75.7 Å². The molecule has 8 heteroatoms. The Hall–Kier alpha value is -3.10. The number of nitrogens with zero attached hydrogens (tertiary/aromatic N) is 2. The number of rotatable bonds is 6. The van der Waals surface area contributed by atoms with Gasteiger partial charge in [0.1, 0.15) is 0 Å². The van der Waals surface area contributed by atoms with Crippen molar-refractivity contribution in [1.29, 1.82) is 0 Å². The predicted molar refractivity (Wildman–Crippen MR) is 131 cm³/mol. The average Bonchev–Trinajstić information content (AvgIpc) is 3.53. The molecule has 168 valence electrons. The minimum Gasteiger partial charge on any atom is -0.459 e. The van der Waals surface area contributed by atoms with E-state index in [9.17, 15) is 9.59 Å². The molecule has 2 aromatic carbocycles. The number of furan rings is 1. The first-order valence-electron chi connectivity index (χ1n) is 10.9. The van der Waals surface area contributed by atoms with Crippen LogP contribution in [0.4, 0.5) is 0 Å². The lowest BCUT2D eigenvalue weighted by Crippen LogP contribution is -2.46. The predicted octanol–water partition coefficient (Wildman–Crippen LogP) is 5.22. The number of nitrogens with one attached hydrogen (secondary N) is 1. The SMILES string of the molecule is O=C(NC1CCN(C(=O)c2ccco2)CC1)c1ccc(CSc2nc3ccccc3s2)cc1. The maximum Gasteiger partial charge on any atom is 0.289 e. The summed E-state index contributed by atoms with van der Waals surface area (Å²) in [5.41, 5.74) is 2.84. The number of carbonyl (C=O) groups is 2. The van der Waals surface area contributed by atoms with Crippen LogP contribution in [0.5, 0.6) is 0 Å². The molecule has 0 spiro atoms. The summed E-state index contributed by atoms with van der Waals surface area (Å²) in [5, 5.41) is 3.11. The Morgan fingerprint density at radius 3 is 2.58 bits per heavy atom. The van der Waals surface area contributed by atoms with Crippen LogP contribution in [0.1, 0.15) is 39.3 Å². The van der Waals surface area contributed by atoms with E-state index in [2.05, 4.69) is 16.4 Å². The molecular formula is C25H23N3O3S2. The first kappa shape index (κ1) is 21.7. The van der Waals surface area contributed by atoms with E-state index < -0.39 is 0 Å². The highest BCUT2D eigenvalue weighted by Crippen LogP contribution is 2.31. The van der Waals surface area contributed by atoms with Crippen LogP contribution in [0.3, 0.4) is 0 Å². The molecule has 2 aromatic heterocycles.